The van der Waals surface area contributed by atoms with E-state index >= 15 is 0 Å². The van der Waals surface area contributed by atoms with Crippen LogP contribution >= 0.6 is 46.2 Å². The number of aliphatic carboxylic acids is 1. The zero-order valence-corrected chi connectivity index (χ0v) is 15.6. The molecule has 2 nitrogen and oxygen atoms in total. The lowest BCUT2D eigenvalue weighted by atomic mass is 10.3. The summed E-state index contributed by atoms with van der Waals surface area (Å²) in [4.78, 5) is 13.9. The van der Waals surface area contributed by atoms with Crippen LogP contribution in [0.1, 0.15) is 0 Å². The lowest BCUT2D eigenvalue weighted by Crippen LogP contribution is -2.11. The Bertz CT molecular complexity index is 942. The first-order valence-electron chi connectivity index (χ1n) is 7.21. The highest BCUT2D eigenvalue weighted by molar-refractivity contribution is 8.18. The molecule has 2 heterocycles. The Balaban J connectivity index is 1.67. The molecule has 0 amide bonds. The second kappa shape index (κ2) is 6.80. The zero-order valence-electron chi connectivity index (χ0n) is 12.3. The van der Waals surface area contributed by atoms with Crippen LogP contribution in [0.4, 0.5) is 0 Å². The maximum Gasteiger partial charge on any atom is 0.327 e. The van der Waals surface area contributed by atoms with Gasteiger partial charge in [0.15, 0.2) is 4.58 Å². The minimum absolute atomic E-state index is 0.582. The van der Waals surface area contributed by atoms with Gasteiger partial charge in [-0.15, -0.1) is 22.7 Å². The fraction of sp³-hybridized carbons (Fsp3) is 0.0556. The molecule has 0 unspecified atom stereocenters. The Hall–Kier alpha value is -1.47. The zero-order chi connectivity index (χ0) is 16.5. The van der Waals surface area contributed by atoms with Crippen LogP contribution < -0.4 is 0 Å². The quantitative estimate of drug-likeness (QED) is 0.316. The molecular weight excluding hydrogens is 376 g/mol. The van der Waals surface area contributed by atoms with Crippen LogP contribution in [0.2, 0.25) is 0 Å². The molecule has 0 aliphatic carbocycles. The topological polar surface area (TPSA) is 37.3 Å². The Morgan fingerprint density at radius 2 is 1.33 bits per heavy atom. The third kappa shape index (κ3) is 3.07. The van der Waals surface area contributed by atoms with E-state index in [9.17, 15) is 9.90 Å². The van der Waals surface area contributed by atoms with Crippen molar-refractivity contribution in [3.63, 3.8) is 0 Å². The van der Waals surface area contributed by atoms with Crippen LogP contribution in [0.15, 0.2) is 69.1 Å². The molecule has 0 radical (unpaired) electrons. The van der Waals surface area contributed by atoms with Crippen LogP contribution in [-0.4, -0.2) is 15.7 Å². The van der Waals surface area contributed by atoms with Crippen molar-refractivity contribution >= 4 is 72.3 Å². The molecule has 6 heteroatoms. The van der Waals surface area contributed by atoms with Crippen LogP contribution in [0.25, 0.3) is 20.2 Å². The van der Waals surface area contributed by atoms with Gasteiger partial charge in [-0.2, -0.15) is 0 Å². The van der Waals surface area contributed by atoms with E-state index in [0.29, 0.717) is 0 Å². The second-order valence-corrected chi connectivity index (χ2v) is 9.57. The number of carboxylic acid groups (broad SMARTS) is 1. The maximum absolute atomic E-state index is 11.8. The van der Waals surface area contributed by atoms with E-state index < -0.39 is 10.6 Å². The molecule has 0 aliphatic rings. The van der Waals surface area contributed by atoms with Crippen LogP contribution in [0.3, 0.4) is 0 Å². The summed E-state index contributed by atoms with van der Waals surface area (Å²) >= 11 is 6.18. The van der Waals surface area contributed by atoms with Gasteiger partial charge in [-0.3, -0.25) is 4.79 Å². The summed E-state index contributed by atoms with van der Waals surface area (Å²) in [6, 6.07) is 16.2. The van der Waals surface area contributed by atoms with E-state index in [1.165, 1.54) is 32.9 Å². The number of carbonyl (C=O) groups is 1. The molecule has 4 rings (SSSR count). The number of thiophene rings is 2. The number of benzene rings is 2. The van der Waals surface area contributed by atoms with Gasteiger partial charge < -0.3 is 5.11 Å². The fourth-order valence-corrected chi connectivity index (χ4v) is 6.65. The molecule has 1 N–H and O–H groups in total. The first-order valence-corrected chi connectivity index (χ1v) is 10.7. The number of hydrogen-bond donors (Lipinski definition) is 1. The minimum Gasteiger partial charge on any atom is -0.480 e. The van der Waals surface area contributed by atoms with Crippen LogP contribution in [0.5, 0.6) is 0 Å². The number of thioether (sulfide) groups is 2. The van der Waals surface area contributed by atoms with Gasteiger partial charge in [-0.05, 0) is 47.2 Å². The van der Waals surface area contributed by atoms with Crippen LogP contribution in [0, 0.1) is 0 Å². The van der Waals surface area contributed by atoms with Crippen molar-refractivity contribution in [1.82, 2.24) is 0 Å². The average Bonchev–Trinajstić information content (AvgIpc) is 3.23. The van der Waals surface area contributed by atoms with Crippen molar-refractivity contribution in [2.24, 2.45) is 0 Å². The lowest BCUT2D eigenvalue weighted by Gasteiger charge is -2.13. The van der Waals surface area contributed by atoms with Gasteiger partial charge in [0.25, 0.3) is 0 Å². The number of hydrogen-bond acceptors (Lipinski definition) is 5. The normalized spacial score (nSPS) is 11.5. The molecule has 0 fully saturated rings. The summed E-state index contributed by atoms with van der Waals surface area (Å²) in [6.07, 6.45) is 0. The molecule has 24 heavy (non-hydrogen) atoms. The average molecular weight is 389 g/mol. The highest BCUT2D eigenvalue weighted by Gasteiger charge is 2.22. The summed E-state index contributed by atoms with van der Waals surface area (Å²) in [5, 5.41) is 16.1. The summed E-state index contributed by atoms with van der Waals surface area (Å²) in [5.41, 5.74) is 0. The molecule has 4 aromatic rings. The molecule has 2 aromatic carbocycles. The Morgan fingerprint density at radius 3 is 1.79 bits per heavy atom. The molecule has 0 atom stereocenters. The highest BCUT2D eigenvalue weighted by Crippen LogP contribution is 2.42. The van der Waals surface area contributed by atoms with E-state index in [-0.39, 0.29) is 0 Å². The monoisotopic (exact) mass is 388 g/mol. The van der Waals surface area contributed by atoms with E-state index in [2.05, 4.69) is 24.3 Å². The lowest BCUT2D eigenvalue weighted by molar-refractivity contribution is -0.134. The Kier molecular flexibility index (Phi) is 4.54. The molecule has 120 valence electrons. The summed E-state index contributed by atoms with van der Waals surface area (Å²) < 4.78 is 1.80. The third-order valence-corrected chi connectivity index (χ3v) is 7.97. The molecule has 0 bridgehead atoms. The van der Waals surface area contributed by atoms with E-state index in [1.807, 2.05) is 35.0 Å². The van der Waals surface area contributed by atoms with Crippen LogP contribution in [-0.2, 0) is 4.79 Å². The van der Waals surface area contributed by atoms with Gasteiger partial charge in [0.1, 0.15) is 0 Å². The molecule has 0 spiro atoms. The first-order chi connectivity index (χ1) is 11.7. The second-order valence-electron chi connectivity index (χ2n) is 5.08. The Labute approximate surface area is 155 Å². The van der Waals surface area contributed by atoms with E-state index in [4.69, 9.17) is 0 Å². The predicted octanol–water partition coefficient (Wildman–Crippen LogP) is 6.41. The van der Waals surface area contributed by atoms with Gasteiger partial charge in [0.05, 0.1) is 0 Å². The van der Waals surface area contributed by atoms with E-state index in [1.54, 1.807) is 22.7 Å². The molecule has 0 aliphatic heterocycles. The fourth-order valence-electron chi connectivity index (χ4n) is 2.49. The SMILES string of the molecule is O=C(O)C(Sc1cccc2sccc12)Sc1cccc2sccc12. The van der Waals surface area contributed by atoms with Gasteiger partial charge >= 0.3 is 5.97 Å². The Morgan fingerprint density at radius 1 is 0.833 bits per heavy atom. The molecule has 0 saturated carbocycles. The minimum atomic E-state index is -0.801. The summed E-state index contributed by atoms with van der Waals surface area (Å²) in [6.45, 7) is 0. The summed E-state index contributed by atoms with van der Waals surface area (Å²) in [7, 11) is 0. The summed E-state index contributed by atoms with van der Waals surface area (Å²) in [5.74, 6) is -0.801. The van der Waals surface area contributed by atoms with Gasteiger partial charge in [-0.25, -0.2) is 0 Å². The van der Waals surface area contributed by atoms with Gasteiger partial charge in [0, 0.05) is 30.0 Å². The molecule has 2 aromatic heterocycles. The first kappa shape index (κ1) is 16.0. The standard InChI is InChI=1S/C18H12O2S4/c19-17(20)18(23-15-5-1-3-13-11(15)7-9-21-13)24-16-6-2-4-14-12(16)8-10-22-14/h1-10,18H,(H,19,20). The smallest absolute Gasteiger partial charge is 0.327 e. The van der Waals surface area contributed by atoms with Crippen molar-refractivity contribution in [1.29, 1.82) is 0 Å². The van der Waals surface area contributed by atoms with Crippen molar-refractivity contribution < 1.29 is 9.90 Å². The largest absolute Gasteiger partial charge is 0.480 e. The molecular formula is C18H12O2S4. The number of rotatable bonds is 5. The van der Waals surface area contributed by atoms with E-state index in [0.717, 1.165) is 20.6 Å². The van der Waals surface area contributed by atoms with Gasteiger partial charge in [0.2, 0.25) is 0 Å². The number of carboxylic acids is 1. The number of fused-ring (bicyclic) bond motifs is 2. The third-order valence-electron chi connectivity index (χ3n) is 3.58. The molecule has 0 saturated heterocycles. The van der Waals surface area contributed by atoms with Gasteiger partial charge in [-0.1, -0.05) is 35.7 Å². The predicted molar refractivity (Wildman–Crippen MR) is 107 cm³/mol. The van der Waals surface area contributed by atoms with Crippen molar-refractivity contribution in [3.8, 4) is 0 Å². The van der Waals surface area contributed by atoms with Crippen molar-refractivity contribution in [2.75, 3.05) is 0 Å². The van der Waals surface area contributed by atoms with Crippen molar-refractivity contribution in [3.05, 3.63) is 59.3 Å². The highest BCUT2D eigenvalue weighted by atomic mass is 32.2. The maximum atomic E-state index is 11.8. The van der Waals surface area contributed by atoms with Crippen molar-refractivity contribution in [2.45, 2.75) is 14.4 Å².